The second kappa shape index (κ2) is 5.76. The van der Waals surface area contributed by atoms with Crippen LogP contribution in [0.3, 0.4) is 0 Å². The Morgan fingerprint density at radius 3 is 2.95 bits per heavy atom. The summed E-state index contributed by atoms with van der Waals surface area (Å²) in [6, 6.07) is 2.71. The van der Waals surface area contributed by atoms with Gasteiger partial charge in [0, 0.05) is 30.2 Å². The second-order valence-electron chi connectivity index (χ2n) is 6.59. The number of aryl methyl sites for hydroxylation is 1. The Balaban J connectivity index is 1.50. The van der Waals surface area contributed by atoms with Gasteiger partial charge in [0.1, 0.15) is 10.8 Å². The predicted molar refractivity (Wildman–Crippen MR) is 85.5 cm³/mol. The van der Waals surface area contributed by atoms with E-state index in [9.17, 15) is 0 Å². The zero-order chi connectivity index (χ0) is 15.0. The number of nitrogens with zero attached hydrogens (tertiary/aromatic N) is 3. The third-order valence-corrected chi connectivity index (χ3v) is 5.81. The first-order chi connectivity index (χ1) is 10.8. The van der Waals surface area contributed by atoms with E-state index in [-0.39, 0.29) is 0 Å². The molecule has 1 spiro atoms. The fourth-order valence-electron chi connectivity index (χ4n) is 3.79. The van der Waals surface area contributed by atoms with Gasteiger partial charge in [-0.2, -0.15) is 0 Å². The highest BCUT2D eigenvalue weighted by Gasteiger charge is 2.56. The molecule has 1 saturated heterocycles. The van der Waals surface area contributed by atoms with E-state index >= 15 is 0 Å². The van der Waals surface area contributed by atoms with Gasteiger partial charge < -0.3 is 9.84 Å². The first-order valence-electron chi connectivity index (χ1n) is 8.01. The van der Waals surface area contributed by atoms with Crippen LogP contribution < -0.4 is 5.32 Å². The van der Waals surface area contributed by atoms with Crippen LogP contribution in [0.5, 0.6) is 0 Å². The van der Waals surface area contributed by atoms with Gasteiger partial charge in [0.05, 0.1) is 12.2 Å². The molecule has 0 bridgehead atoms. The minimum Gasteiger partial charge on any atom is -0.361 e. The standard InChI is InChI=1S/C16H22N4OS/c1-12-8-13(19-21-12)10-20(11-15-18-6-7-22-15)14-9-16(14)2-4-17-5-3-16/h6-8,14,17H,2-5,9-11H2,1H3. The topological polar surface area (TPSA) is 54.2 Å². The summed E-state index contributed by atoms with van der Waals surface area (Å²) in [5.74, 6) is 0.886. The number of hydrogen-bond acceptors (Lipinski definition) is 6. The van der Waals surface area contributed by atoms with E-state index < -0.39 is 0 Å². The molecule has 3 heterocycles. The molecule has 1 saturated carbocycles. The first-order valence-corrected chi connectivity index (χ1v) is 8.88. The van der Waals surface area contributed by atoms with Crippen molar-refractivity contribution in [1.29, 1.82) is 0 Å². The highest BCUT2D eigenvalue weighted by molar-refractivity contribution is 7.09. The maximum Gasteiger partial charge on any atom is 0.133 e. The summed E-state index contributed by atoms with van der Waals surface area (Å²) >= 11 is 1.74. The van der Waals surface area contributed by atoms with Gasteiger partial charge in [-0.1, -0.05) is 5.16 Å². The van der Waals surface area contributed by atoms with Crippen molar-refractivity contribution in [2.45, 2.75) is 45.3 Å². The molecule has 2 aliphatic rings. The Morgan fingerprint density at radius 1 is 1.41 bits per heavy atom. The van der Waals surface area contributed by atoms with E-state index in [0.29, 0.717) is 11.5 Å². The number of piperidine rings is 1. The Labute approximate surface area is 134 Å². The van der Waals surface area contributed by atoms with Gasteiger partial charge >= 0.3 is 0 Å². The third-order valence-electron chi connectivity index (χ3n) is 5.05. The summed E-state index contributed by atoms with van der Waals surface area (Å²) in [6.07, 6.45) is 5.80. The number of thiazole rings is 1. The zero-order valence-corrected chi connectivity index (χ0v) is 13.7. The molecule has 1 N–H and O–H groups in total. The van der Waals surface area contributed by atoms with Gasteiger partial charge in [0.2, 0.25) is 0 Å². The van der Waals surface area contributed by atoms with Crippen LogP contribution in [0, 0.1) is 12.3 Å². The third kappa shape index (κ3) is 2.83. The van der Waals surface area contributed by atoms with E-state index in [1.807, 2.05) is 19.2 Å². The summed E-state index contributed by atoms with van der Waals surface area (Å²) in [5.41, 5.74) is 1.56. The predicted octanol–water partition coefficient (Wildman–Crippen LogP) is 2.58. The van der Waals surface area contributed by atoms with Crippen LogP contribution in [0.25, 0.3) is 0 Å². The molecular weight excluding hydrogens is 296 g/mol. The van der Waals surface area contributed by atoms with Crippen molar-refractivity contribution in [3.8, 4) is 0 Å². The fraction of sp³-hybridized carbons (Fsp3) is 0.625. The largest absolute Gasteiger partial charge is 0.361 e. The first kappa shape index (κ1) is 14.4. The van der Waals surface area contributed by atoms with Gasteiger partial charge in [-0.3, -0.25) is 4.90 Å². The molecule has 2 aromatic heterocycles. The molecule has 4 rings (SSSR count). The fourth-order valence-corrected chi connectivity index (χ4v) is 4.43. The molecule has 22 heavy (non-hydrogen) atoms. The van der Waals surface area contributed by atoms with Gasteiger partial charge in [0.25, 0.3) is 0 Å². The average molecular weight is 318 g/mol. The molecular formula is C16H22N4OS. The van der Waals surface area contributed by atoms with Crippen LogP contribution in [0.2, 0.25) is 0 Å². The summed E-state index contributed by atoms with van der Waals surface area (Å²) in [5, 5.41) is 10.9. The molecule has 2 fully saturated rings. The molecule has 6 heteroatoms. The quantitative estimate of drug-likeness (QED) is 0.918. The smallest absolute Gasteiger partial charge is 0.133 e. The Kier molecular flexibility index (Phi) is 3.76. The number of nitrogens with one attached hydrogen (secondary N) is 1. The van der Waals surface area contributed by atoms with E-state index in [2.05, 4.69) is 25.7 Å². The lowest BCUT2D eigenvalue weighted by molar-refractivity contribution is 0.183. The van der Waals surface area contributed by atoms with Gasteiger partial charge in [0.15, 0.2) is 0 Å². The van der Waals surface area contributed by atoms with Crippen LogP contribution in [0.4, 0.5) is 0 Å². The molecule has 118 valence electrons. The lowest BCUT2D eigenvalue weighted by Crippen LogP contribution is -2.35. The van der Waals surface area contributed by atoms with Crippen molar-refractivity contribution in [3.63, 3.8) is 0 Å². The second-order valence-corrected chi connectivity index (χ2v) is 7.57. The minimum absolute atomic E-state index is 0.529. The molecule has 1 atom stereocenters. The summed E-state index contributed by atoms with van der Waals surface area (Å²) in [4.78, 5) is 7.02. The Bertz CT molecular complexity index is 618. The highest BCUT2D eigenvalue weighted by atomic mass is 32.1. The molecule has 0 aromatic carbocycles. The van der Waals surface area contributed by atoms with Crippen molar-refractivity contribution < 1.29 is 4.52 Å². The summed E-state index contributed by atoms with van der Waals surface area (Å²) in [6.45, 7) is 6.04. The molecule has 1 aliphatic carbocycles. The van der Waals surface area contributed by atoms with Crippen molar-refractivity contribution >= 4 is 11.3 Å². The molecule has 1 aliphatic heterocycles. The molecule has 0 radical (unpaired) electrons. The summed E-state index contributed by atoms with van der Waals surface area (Å²) in [7, 11) is 0. The highest BCUT2D eigenvalue weighted by Crippen LogP contribution is 2.56. The van der Waals surface area contributed by atoms with Crippen molar-refractivity contribution in [2.24, 2.45) is 5.41 Å². The van der Waals surface area contributed by atoms with Crippen molar-refractivity contribution in [3.05, 3.63) is 34.1 Å². The number of aromatic nitrogens is 2. The van der Waals surface area contributed by atoms with Crippen molar-refractivity contribution in [2.75, 3.05) is 13.1 Å². The van der Waals surface area contributed by atoms with E-state index in [1.165, 1.54) is 24.3 Å². The van der Waals surface area contributed by atoms with Crippen LogP contribution in [0.1, 0.15) is 35.7 Å². The minimum atomic E-state index is 0.529. The van der Waals surface area contributed by atoms with E-state index in [0.717, 1.165) is 37.6 Å². The lowest BCUT2D eigenvalue weighted by Gasteiger charge is -2.28. The Morgan fingerprint density at radius 2 is 2.27 bits per heavy atom. The van der Waals surface area contributed by atoms with Crippen LogP contribution >= 0.6 is 11.3 Å². The Hall–Kier alpha value is -1.24. The van der Waals surface area contributed by atoms with E-state index in [4.69, 9.17) is 4.52 Å². The SMILES string of the molecule is Cc1cc(CN(Cc2nccs2)C2CC23CCNCC3)no1. The number of rotatable bonds is 5. The lowest BCUT2D eigenvalue weighted by atomic mass is 9.93. The average Bonchev–Trinajstić information content (AvgIpc) is 2.90. The molecule has 1 unspecified atom stereocenters. The molecule has 2 aromatic rings. The molecule has 5 nitrogen and oxygen atoms in total. The van der Waals surface area contributed by atoms with Gasteiger partial charge in [-0.15, -0.1) is 11.3 Å². The number of hydrogen-bond donors (Lipinski definition) is 1. The molecule has 0 amide bonds. The van der Waals surface area contributed by atoms with Gasteiger partial charge in [-0.25, -0.2) is 4.98 Å². The van der Waals surface area contributed by atoms with Crippen LogP contribution in [-0.4, -0.2) is 34.2 Å². The monoisotopic (exact) mass is 318 g/mol. The van der Waals surface area contributed by atoms with Crippen LogP contribution in [0.15, 0.2) is 22.2 Å². The maximum atomic E-state index is 5.24. The normalized spacial score (nSPS) is 23.3. The maximum absolute atomic E-state index is 5.24. The van der Waals surface area contributed by atoms with Crippen LogP contribution in [-0.2, 0) is 13.1 Å². The van der Waals surface area contributed by atoms with Gasteiger partial charge in [-0.05, 0) is 44.7 Å². The summed E-state index contributed by atoms with van der Waals surface area (Å²) < 4.78 is 5.24. The van der Waals surface area contributed by atoms with E-state index in [1.54, 1.807) is 11.3 Å². The van der Waals surface area contributed by atoms with Crippen molar-refractivity contribution in [1.82, 2.24) is 20.4 Å². The zero-order valence-electron chi connectivity index (χ0n) is 12.9.